The van der Waals surface area contributed by atoms with Gasteiger partial charge in [-0.25, -0.2) is 0 Å². The highest BCUT2D eigenvalue weighted by Crippen LogP contribution is 2.44. The molecule has 1 aliphatic heterocycles. The van der Waals surface area contributed by atoms with E-state index in [1.165, 1.54) is 0 Å². The molecule has 11 N–H and O–H groups in total. The van der Waals surface area contributed by atoms with E-state index in [0.717, 1.165) is 83.8 Å². The van der Waals surface area contributed by atoms with Gasteiger partial charge in [-0.2, -0.15) is 0 Å². The zero-order valence-electron chi connectivity index (χ0n) is 43.3. The van der Waals surface area contributed by atoms with Crippen LogP contribution in [0.2, 0.25) is 0 Å². The van der Waals surface area contributed by atoms with Crippen molar-refractivity contribution < 1.29 is 59.0 Å². The predicted molar refractivity (Wildman–Crippen MR) is 259 cm³/mol. The second-order valence-corrected chi connectivity index (χ2v) is 21.6. The molecule has 394 valence electrons. The lowest BCUT2D eigenvalue weighted by Crippen LogP contribution is -2.51. The zero-order valence-corrected chi connectivity index (χ0v) is 43.3. The first-order valence-electron chi connectivity index (χ1n) is 25.5. The molecule has 11 atom stereocenters. The van der Waals surface area contributed by atoms with E-state index in [1.807, 2.05) is 83.1 Å². The summed E-state index contributed by atoms with van der Waals surface area (Å²) in [6.07, 6.45) is 7.98. The van der Waals surface area contributed by atoms with Gasteiger partial charge in [0.05, 0.1) is 67.9 Å². The minimum absolute atomic E-state index is 0.0000926. The summed E-state index contributed by atoms with van der Waals surface area (Å²) in [5.41, 5.74) is 0. The summed E-state index contributed by atoms with van der Waals surface area (Å²) in [7, 11) is 0. The molecule has 0 aromatic carbocycles. The van der Waals surface area contributed by atoms with E-state index in [-0.39, 0.29) is 132 Å². The molecule has 0 spiro atoms. The largest absolute Gasteiger partial charge is 0.393 e. The van der Waals surface area contributed by atoms with E-state index in [1.54, 1.807) is 0 Å². The van der Waals surface area contributed by atoms with Crippen molar-refractivity contribution in [1.82, 2.24) is 31.9 Å². The summed E-state index contributed by atoms with van der Waals surface area (Å²) in [4.78, 5) is 66.8. The van der Waals surface area contributed by atoms with Crippen LogP contribution < -0.4 is 31.9 Å². The van der Waals surface area contributed by atoms with Crippen LogP contribution in [0.25, 0.3) is 0 Å². The van der Waals surface area contributed by atoms with Crippen molar-refractivity contribution in [2.75, 3.05) is 13.2 Å². The number of carbonyl (C=O) groups excluding carboxylic acids is 6. The predicted octanol–water partition coefficient (Wildman–Crippen LogP) is 2.20. The maximum atomic E-state index is 11.3. The third-order valence-corrected chi connectivity index (χ3v) is 13.1. The first-order chi connectivity index (χ1) is 31.7. The summed E-state index contributed by atoms with van der Waals surface area (Å²) in [6, 6.07) is 0.702. The molecule has 6 aliphatic carbocycles. The lowest BCUT2D eigenvalue weighted by atomic mass is 9.89. The molecule has 6 saturated carbocycles. The summed E-state index contributed by atoms with van der Waals surface area (Å²) in [5, 5.41) is 62.7. The lowest BCUT2D eigenvalue weighted by molar-refractivity contribution is -0.127. The van der Waals surface area contributed by atoms with Gasteiger partial charge in [-0.3, -0.25) is 28.8 Å². The van der Waals surface area contributed by atoms with Gasteiger partial charge in [-0.1, -0.05) is 83.1 Å². The fraction of sp³-hybridized carbons (Fsp3) is 0.880. The second kappa shape index (κ2) is 29.7. The monoisotopic (exact) mass is 969 g/mol. The van der Waals surface area contributed by atoms with Crippen LogP contribution >= 0.6 is 0 Å². The molecule has 7 aliphatic rings. The van der Waals surface area contributed by atoms with Gasteiger partial charge < -0.3 is 62.2 Å². The first-order valence-corrected chi connectivity index (χ1v) is 25.5. The van der Waals surface area contributed by atoms with E-state index in [9.17, 15) is 39.0 Å². The van der Waals surface area contributed by atoms with Gasteiger partial charge in [0.2, 0.25) is 35.4 Å². The fourth-order valence-corrected chi connectivity index (χ4v) is 7.46. The number of ether oxygens (including phenoxy) is 1. The number of hydrogen-bond donors (Lipinski definition) is 11. The molecule has 7 rings (SSSR count). The van der Waals surface area contributed by atoms with Crippen LogP contribution in [0.5, 0.6) is 0 Å². The Morgan fingerprint density at radius 1 is 0.382 bits per heavy atom. The quantitative estimate of drug-likeness (QED) is 0.134. The molecule has 7 fully saturated rings. The van der Waals surface area contributed by atoms with Gasteiger partial charge in [-0.15, -0.1) is 0 Å². The van der Waals surface area contributed by atoms with Crippen LogP contribution in [0.3, 0.4) is 0 Å². The average molecular weight is 969 g/mol. The number of amides is 6. The maximum Gasteiger partial charge on any atom is 0.222 e. The highest BCUT2D eigenvalue weighted by Gasteiger charge is 2.54. The van der Waals surface area contributed by atoms with Gasteiger partial charge >= 0.3 is 0 Å². The summed E-state index contributed by atoms with van der Waals surface area (Å²) < 4.78 is 5.23. The highest BCUT2D eigenvalue weighted by molar-refractivity contribution is 5.80. The topological polar surface area (TPSA) is 285 Å². The number of fused-ring (bicyclic) bond motifs is 1. The van der Waals surface area contributed by atoms with Crippen LogP contribution in [-0.4, -0.2) is 141 Å². The number of nitrogens with one attached hydrogen (secondary N) is 6. The van der Waals surface area contributed by atoms with Crippen molar-refractivity contribution in [2.24, 2.45) is 47.3 Å². The van der Waals surface area contributed by atoms with E-state index in [2.05, 4.69) is 31.9 Å². The standard InChI is InChI=1S/C9H15NO2.2C9H17NO2.2C8H15NO2.C7H13NO2/c1-5(2)9(11)10-8-6-3-12-4-7(6)8;2*1-6(2)9(12)10-7-4-3-5-8(7)11;1-5(2)8(11)9-6-3-7(10)4-6;1-5(2)8(11)9-6-3-4-7(6)10;1-4(2)7(10)8-5-3-6(5)9/h5-8H,3-4H2,1-2H3,(H,10,11);2*6-8,11H,3-5H2,1-2H3,(H,10,12);2*5-7,10H,3-4H2,1-2H3,(H,9,11);4-6,9H,3H2,1-2H3,(H,8,10)/t6-,7+,8?;7-,8+;7-,8-;;6-,7-;5-,6-/m.00.00/s1. The molecule has 1 saturated heterocycles. The van der Waals surface area contributed by atoms with Crippen LogP contribution in [0.1, 0.15) is 154 Å². The molecular formula is C50H92N6O12. The second-order valence-electron chi connectivity index (χ2n) is 21.6. The Bertz CT molecular complexity index is 1520. The molecule has 6 amide bonds. The fourth-order valence-electron chi connectivity index (χ4n) is 7.46. The SMILES string of the molecule is CC(C)C(=O)NC1CC(O)C1.CC(C)C(=O)NC1[C@H]2COC[C@@H]12.CC(C)C(=O)N[C@H]1CCC[C@@H]1O.CC(C)C(=O)N[C@H]1CCC[C@H]1O.CC(C)C(=O)N[C@H]1CC[C@@H]1O.CC(C)C(=O)N[C@H]1C[C@@H]1O. The van der Waals surface area contributed by atoms with Gasteiger partial charge in [-0.05, 0) is 70.6 Å². The molecule has 0 bridgehead atoms. The van der Waals surface area contributed by atoms with Crippen molar-refractivity contribution in [2.45, 2.75) is 220 Å². The van der Waals surface area contributed by atoms with Crippen LogP contribution in [0.4, 0.5) is 0 Å². The number of aliphatic hydroxyl groups is 5. The summed E-state index contributed by atoms with van der Waals surface area (Å²) in [5.74, 6) is 1.86. The zero-order chi connectivity index (χ0) is 51.6. The van der Waals surface area contributed by atoms with Gasteiger partial charge in [0, 0.05) is 59.4 Å². The molecule has 1 heterocycles. The smallest absolute Gasteiger partial charge is 0.222 e. The van der Waals surface area contributed by atoms with Gasteiger partial charge in [0.15, 0.2) is 0 Å². The molecule has 1 unspecified atom stereocenters. The van der Waals surface area contributed by atoms with Crippen LogP contribution in [-0.2, 0) is 33.5 Å². The van der Waals surface area contributed by atoms with E-state index >= 15 is 0 Å². The van der Waals surface area contributed by atoms with E-state index in [0.29, 0.717) is 17.9 Å². The number of rotatable bonds is 12. The van der Waals surface area contributed by atoms with E-state index in [4.69, 9.17) is 20.1 Å². The van der Waals surface area contributed by atoms with Crippen molar-refractivity contribution in [3.05, 3.63) is 0 Å². The minimum Gasteiger partial charge on any atom is -0.393 e. The lowest BCUT2D eigenvalue weighted by Gasteiger charge is -2.33. The highest BCUT2D eigenvalue weighted by atomic mass is 16.5. The van der Waals surface area contributed by atoms with Crippen LogP contribution in [0.15, 0.2) is 0 Å². The molecule has 0 radical (unpaired) electrons. The third-order valence-electron chi connectivity index (χ3n) is 13.1. The molecule has 0 aromatic heterocycles. The molecule has 18 nitrogen and oxygen atoms in total. The van der Waals surface area contributed by atoms with Gasteiger partial charge in [0.25, 0.3) is 0 Å². The Morgan fingerprint density at radius 2 is 0.691 bits per heavy atom. The maximum absolute atomic E-state index is 11.3. The Hall–Kier alpha value is -3.42. The van der Waals surface area contributed by atoms with Crippen molar-refractivity contribution in [1.29, 1.82) is 0 Å². The Labute approximate surface area is 406 Å². The number of hydrogen-bond acceptors (Lipinski definition) is 12. The van der Waals surface area contributed by atoms with Crippen molar-refractivity contribution in [3.63, 3.8) is 0 Å². The Balaban J connectivity index is 0.000000280. The molecular weight excluding hydrogens is 877 g/mol. The average Bonchev–Trinajstić information content (AvgIpc) is 3.78. The summed E-state index contributed by atoms with van der Waals surface area (Å²) in [6.45, 7) is 24.1. The third kappa shape index (κ3) is 22.1. The molecule has 0 aromatic rings. The Kier molecular flexibility index (Phi) is 26.5. The van der Waals surface area contributed by atoms with Crippen molar-refractivity contribution in [3.8, 4) is 0 Å². The normalized spacial score (nSPS) is 31.2. The number of aliphatic hydroxyl groups excluding tert-OH is 5. The Morgan fingerprint density at radius 3 is 0.956 bits per heavy atom. The molecule has 68 heavy (non-hydrogen) atoms. The first kappa shape index (κ1) is 60.7. The van der Waals surface area contributed by atoms with E-state index < -0.39 is 0 Å². The number of carbonyl (C=O) groups is 6. The minimum atomic E-state index is -0.326. The van der Waals surface area contributed by atoms with Gasteiger partial charge in [0.1, 0.15) is 0 Å². The van der Waals surface area contributed by atoms with Crippen molar-refractivity contribution >= 4 is 35.4 Å². The molecule has 18 heteroatoms. The summed E-state index contributed by atoms with van der Waals surface area (Å²) >= 11 is 0. The van der Waals surface area contributed by atoms with Crippen LogP contribution in [0, 0.1) is 47.3 Å².